The van der Waals surface area contributed by atoms with Crippen LogP contribution in [0.3, 0.4) is 0 Å². The van der Waals surface area contributed by atoms with Crippen LogP contribution in [0.5, 0.6) is 5.75 Å². The van der Waals surface area contributed by atoms with Gasteiger partial charge in [0, 0.05) is 6.04 Å². The van der Waals surface area contributed by atoms with Crippen LogP contribution in [0, 0.1) is 0 Å². The molecule has 0 aliphatic heterocycles. The lowest BCUT2D eigenvalue weighted by Gasteiger charge is -2.18. The molecule has 1 aromatic carbocycles. The van der Waals surface area contributed by atoms with Crippen molar-refractivity contribution >= 4 is 0 Å². The minimum Gasteiger partial charge on any atom is -0.491 e. The molecule has 0 amide bonds. The maximum atomic E-state index is 5.66. The SMILES string of the molecule is CCNC(C)CC(C)c1ccc(OC(C)C)cc1. The summed E-state index contributed by atoms with van der Waals surface area (Å²) in [6.07, 6.45) is 1.40. The minimum absolute atomic E-state index is 0.238. The molecule has 0 aliphatic carbocycles. The molecular formula is C16H27NO. The second-order valence-corrected chi connectivity index (χ2v) is 5.33. The fourth-order valence-corrected chi connectivity index (χ4v) is 2.25. The number of nitrogens with one attached hydrogen (secondary N) is 1. The Morgan fingerprint density at radius 2 is 1.67 bits per heavy atom. The molecule has 0 saturated heterocycles. The Labute approximate surface area is 112 Å². The molecular weight excluding hydrogens is 222 g/mol. The van der Waals surface area contributed by atoms with Gasteiger partial charge >= 0.3 is 0 Å². The average Bonchev–Trinajstić information content (AvgIpc) is 2.29. The van der Waals surface area contributed by atoms with E-state index in [0.29, 0.717) is 12.0 Å². The van der Waals surface area contributed by atoms with E-state index in [2.05, 4.69) is 64.2 Å². The molecule has 0 spiro atoms. The van der Waals surface area contributed by atoms with Gasteiger partial charge in [0.2, 0.25) is 0 Å². The topological polar surface area (TPSA) is 21.3 Å². The molecule has 0 saturated carbocycles. The van der Waals surface area contributed by atoms with E-state index in [4.69, 9.17) is 4.74 Å². The monoisotopic (exact) mass is 249 g/mol. The Balaban J connectivity index is 2.55. The van der Waals surface area contributed by atoms with Gasteiger partial charge in [0.25, 0.3) is 0 Å². The molecule has 0 aliphatic rings. The van der Waals surface area contributed by atoms with Crippen molar-refractivity contribution in [3.05, 3.63) is 29.8 Å². The summed E-state index contributed by atoms with van der Waals surface area (Å²) in [5, 5.41) is 3.46. The molecule has 0 aromatic heterocycles. The second-order valence-electron chi connectivity index (χ2n) is 5.33. The Hall–Kier alpha value is -1.02. The van der Waals surface area contributed by atoms with Crippen LogP contribution in [0.1, 0.15) is 52.5 Å². The Bertz CT molecular complexity index is 331. The van der Waals surface area contributed by atoms with E-state index in [1.807, 2.05) is 0 Å². The van der Waals surface area contributed by atoms with Crippen LogP contribution in [0.15, 0.2) is 24.3 Å². The number of hydrogen-bond acceptors (Lipinski definition) is 2. The highest BCUT2D eigenvalue weighted by molar-refractivity contribution is 5.29. The van der Waals surface area contributed by atoms with E-state index in [9.17, 15) is 0 Å². The lowest BCUT2D eigenvalue weighted by molar-refractivity contribution is 0.242. The molecule has 0 heterocycles. The molecule has 2 unspecified atom stereocenters. The molecule has 0 bridgehead atoms. The van der Waals surface area contributed by atoms with E-state index in [1.165, 1.54) is 5.56 Å². The van der Waals surface area contributed by atoms with Crippen molar-refractivity contribution in [3.63, 3.8) is 0 Å². The van der Waals surface area contributed by atoms with Crippen LogP contribution in [-0.2, 0) is 0 Å². The van der Waals surface area contributed by atoms with Gasteiger partial charge in [-0.05, 0) is 57.4 Å². The van der Waals surface area contributed by atoms with Crippen LogP contribution >= 0.6 is 0 Å². The highest BCUT2D eigenvalue weighted by Crippen LogP contribution is 2.23. The molecule has 2 atom stereocenters. The first kappa shape index (κ1) is 15.0. The standard InChI is InChI=1S/C16H27NO/c1-6-17-14(5)11-13(4)15-7-9-16(10-8-15)18-12(2)3/h7-10,12-14,17H,6,11H2,1-5H3. The fraction of sp³-hybridized carbons (Fsp3) is 0.625. The predicted molar refractivity (Wildman–Crippen MR) is 78.4 cm³/mol. The van der Waals surface area contributed by atoms with Gasteiger partial charge in [-0.2, -0.15) is 0 Å². The van der Waals surface area contributed by atoms with Crippen molar-refractivity contribution in [2.75, 3.05) is 6.54 Å². The lowest BCUT2D eigenvalue weighted by Crippen LogP contribution is -2.26. The first-order chi connectivity index (χ1) is 8.52. The molecule has 1 rings (SSSR count). The summed E-state index contributed by atoms with van der Waals surface area (Å²) in [5.41, 5.74) is 1.39. The van der Waals surface area contributed by atoms with Crippen molar-refractivity contribution in [2.24, 2.45) is 0 Å². The molecule has 1 aromatic rings. The zero-order chi connectivity index (χ0) is 13.5. The number of benzene rings is 1. The van der Waals surface area contributed by atoms with E-state index >= 15 is 0 Å². The van der Waals surface area contributed by atoms with E-state index in [-0.39, 0.29) is 6.10 Å². The van der Waals surface area contributed by atoms with Gasteiger partial charge in [-0.25, -0.2) is 0 Å². The van der Waals surface area contributed by atoms with Gasteiger partial charge in [-0.1, -0.05) is 26.0 Å². The fourth-order valence-electron chi connectivity index (χ4n) is 2.25. The number of rotatable bonds is 7. The highest BCUT2D eigenvalue weighted by Gasteiger charge is 2.10. The largest absolute Gasteiger partial charge is 0.491 e. The summed E-state index contributed by atoms with van der Waals surface area (Å²) in [6, 6.07) is 9.08. The van der Waals surface area contributed by atoms with Crippen molar-refractivity contribution in [1.29, 1.82) is 0 Å². The smallest absolute Gasteiger partial charge is 0.119 e. The van der Waals surface area contributed by atoms with Crippen molar-refractivity contribution < 1.29 is 4.74 Å². The van der Waals surface area contributed by atoms with Gasteiger partial charge in [-0.15, -0.1) is 0 Å². The molecule has 102 valence electrons. The summed E-state index contributed by atoms with van der Waals surface area (Å²) in [4.78, 5) is 0. The minimum atomic E-state index is 0.238. The predicted octanol–water partition coefficient (Wildman–Crippen LogP) is 3.97. The summed E-state index contributed by atoms with van der Waals surface area (Å²) in [5.74, 6) is 1.54. The summed E-state index contributed by atoms with van der Waals surface area (Å²) in [6.45, 7) is 11.8. The maximum absolute atomic E-state index is 5.66. The lowest BCUT2D eigenvalue weighted by atomic mass is 9.94. The Kier molecular flexibility index (Phi) is 6.20. The van der Waals surface area contributed by atoms with Gasteiger partial charge in [0.05, 0.1) is 6.10 Å². The van der Waals surface area contributed by atoms with Crippen molar-refractivity contribution in [2.45, 2.75) is 59.1 Å². The summed E-state index contributed by atoms with van der Waals surface area (Å²) >= 11 is 0. The second kappa shape index (κ2) is 7.42. The zero-order valence-corrected chi connectivity index (χ0v) is 12.4. The molecule has 2 heteroatoms. The zero-order valence-electron chi connectivity index (χ0n) is 12.4. The van der Waals surface area contributed by atoms with Crippen LogP contribution in [0.4, 0.5) is 0 Å². The van der Waals surface area contributed by atoms with Gasteiger partial charge in [-0.3, -0.25) is 0 Å². The summed E-state index contributed by atoms with van der Waals surface area (Å²) < 4.78 is 5.66. The third kappa shape index (κ3) is 5.09. The molecule has 0 fully saturated rings. The quantitative estimate of drug-likeness (QED) is 0.789. The third-order valence-corrected chi connectivity index (χ3v) is 3.08. The van der Waals surface area contributed by atoms with E-state index in [1.54, 1.807) is 0 Å². The Morgan fingerprint density at radius 1 is 1.06 bits per heavy atom. The molecule has 18 heavy (non-hydrogen) atoms. The van der Waals surface area contributed by atoms with Gasteiger partial charge in [0.15, 0.2) is 0 Å². The average molecular weight is 249 g/mol. The van der Waals surface area contributed by atoms with Gasteiger partial charge in [0.1, 0.15) is 5.75 Å². The normalized spacial score (nSPS) is 14.6. The Morgan fingerprint density at radius 3 is 2.17 bits per heavy atom. The number of hydrogen-bond donors (Lipinski definition) is 1. The van der Waals surface area contributed by atoms with Crippen LogP contribution in [0.25, 0.3) is 0 Å². The van der Waals surface area contributed by atoms with Gasteiger partial charge < -0.3 is 10.1 Å². The maximum Gasteiger partial charge on any atom is 0.119 e. The molecule has 0 radical (unpaired) electrons. The van der Waals surface area contributed by atoms with Crippen molar-refractivity contribution in [1.82, 2.24) is 5.32 Å². The molecule has 1 N–H and O–H groups in total. The third-order valence-electron chi connectivity index (χ3n) is 3.08. The number of ether oxygens (including phenoxy) is 1. The van der Waals surface area contributed by atoms with Crippen molar-refractivity contribution in [3.8, 4) is 5.75 Å². The van der Waals surface area contributed by atoms with E-state index < -0.39 is 0 Å². The van der Waals surface area contributed by atoms with E-state index in [0.717, 1.165) is 18.7 Å². The first-order valence-corrected chi connectivity index (χ1v) is 7.03. The van der Waals surface area contributed by atoms with Crippen LogP contribution in [0.2, 0.25) is 0 Å². The first-order valence-electron chi connectivity index (χ1n) is 7.03. The van der Waals surface area contributed by atoms with Crippen LogP contribution < -0.4 is 10.1 Å². The summed E-state index contributed by atoms with van der Waals surface area (Å²) in [7, 11) is 0. The molecule has 2 nitrogen and oxygen atoms in total. The highest BCUT2D eigenvalue weighted by atomic mass is 16.5. The van der Waals surface area contributed by atoms with Crippen LogP contribution in [-0.4, -0.2) is 18.7 Å².